The van der Waals surface area contributed by atoms with Crippen LogP contribution in [-0.4, -0.2) is 42.3 Å². The first kappa shape index (κ1) is 29.4. The van der Waals surface area contributed by atoms with E-state index in [-0.39, 0.29) is 17.4 Å². The number of nitrogens with one attached hydrogen (secondary N) is 1. The van der Waals surface area contributed by atoms with Crippen molar-refractivity contribution in [1.29, 1.82) is 0 Å². The number of likely N-dealkylation sites (N-methyl/N-ethyl adjacent to an activating group) is 1. The lowest BCUT2D eigenvalue weighted by Crippen LogP contribution is -2.34. The quantitative estimate of drug-likeness (QED) is 0.238. The van der Waals surface area contributed by atoms with Gasteiger partial charge < -0.3 is 19.5 Å². The van der Waals surface area contributed by atoms with Gasteiger partial charge in [0, 0.05) is 13.1 Å². The Morgan fingerprint density at radius 3 is 2.57 bits per heavy atom. The average molecular weight is 578 g/mol. The molecule has 220 valence electrons. The SMILES string of the molecule is Cc1cc(OCc2ccccc2)c(-c2onc(C(=O)NCC(F)(F)F)c2-c2ccc3c(c2)CCN(C)C3)cc1C(C)C. The van der Waals surface area contributed by atoms with Crippen LogP contribution >= 0.6 is 0 Å². The van der Waals surface area contributed by atoms with Gasteiger partial charge in [-0.15, -0.1) is 0 Å². The fourth-order valence-corrected chi connectivity index (χ4v) is 5.36. The van der Waals surface area contributed by atoms with Gasteiger partial charge in [0.05, 0.1) is 11.1 Å². The van der Waals surface area contributed by atoms with Gasteiger partial charge in [0.15, 0.2) is 11.5 Å². The smallest absolute Gasteiger partial charge is 0.405 e. The van der Waals surface area contributed by atoms with Crippen LogP contribution in [0.2, 0.25) is 0 Å². The molecule has 0 atom stereocenters. The standard InChI is InChI=1S/C33H34F3N3O3/c1-20(2)26-16-27(28(14-21(26)3)41-18-22-8-6-5-7-9-22)31-29(30(38-42-31)32(40)37-19-33(34,35)36)24-10-11-25-17-39(4)13-12-23(25)15-24/h5-11,14-16,20H,12-13,17-19H2,1-4H3,(H,37,40). The van der Waals surface area contributed by atoms with Crippen molar-refractivity contribution in [1.82, 2.24) is 15.4 Å². The molecule has 4 aromatic rings. The van der Waals surface area contributed by atoms with Gasteiger partial charge in [0.1, 0.15) is 18.9 Å². The summed E-state index contributed by atoms with van der Waals surface area (Å²) in [5.41, 5.74) is 6.68. The molecular weight excluding hydrogens is 543 g/mol. The van der Waals surface area contributed by atoms with Gasteiger partial charge in [-0.2, -0.15) is 13.2 Å². The largest absolute Gasteiger partial charge is 0.488 e. The monoisotopic (exact) mass is 577 g/mol. The highest BCUT2D eigenvalue weighted by Gasteiger charge is 2.32. The lowest BCUT2D eigenvalue weighted by molar-refractivity contribution is -0.123. The van der Waals surface area contributed by atoms with Gasteiger partial charge >= 0.3 is 6.18 Å². The third-order valence-corrected chi connectivity index (χ3v) is 7.53. The van der Waals surface area contributed by atoms with Crippen molar-refractivity contribution in [3.05, 3.63) is 94.2 Å². The molecule has 9 heteroatoms. The Kier molecular flexibility index (Phi) is 8.41. The molecule has 1 N–H and O–H groups in total. The molecule has 1 amide bonds. The molecular formula is C33H34F3N3O3. The van der Waals surface area contributed by atoms with Crippen LogP contribution < -0.4 is 10.1 Å². The van der Waals surface area contributed by atoms with Crippen LogP contribution in [0.15, 0.2) is 65.2 Å². The first-order valence-corrected chi connectivity index (χ1v) is 14.0. The van der Waals surface area contributed by atoms with Crippen LogP contribution in [-0.2, 0) is 19.6 Å². The van der Waals surface area contributed by atoms with Crippen molar-refractivity contribution in [3.8, 4) is 28.2 Å². The second kappa shape index (κ2) is 12.0. The highest BCUT2D eigenvalue weighted by Crippen LogP contribution is 2.43. The zero-order chi connectivity index (χ0) is 30.0. The number of aromatic nitrogens is 1. The Hall–Kier alpha value is -4.11. The van der Waals surface area contributed by atoms with Gasteiger partial charge in [-0.1, -0.05) is 67.5 Å². The van der Waals surface area contributed by atoms with Crippen molar-refractivity contribution in [3.63, 3.8) is 0 Å². The number of halogens is 3. The molecule has 6 nitrogen and oxygen atoms in total. The van der Waals surface area contributed by atoms with Crippen LogP contribution in [0, 0.1) is 6.92 Å². The molecule has 0 saturated heterocycles. The molecule has 0 spiro atoms. The molecule has 0 bridgehead atoms. The molecule has 0 saturated carbocycles. The van der Waals surface area contributed by atoms with Gasteiger partial charge in [-0.25, -0.2) is 0 Å². The minimum absolute atomic E-state index is 0.175. The van der Waals surface area contributed by atoms with E-state index < -0.39 is 18.6 Å². The predicted octanol–water partition coefficient (Wildman–Crippen LogP) is 7.30. The molecule has 3 aromatic carbocycles. The number of rotatable bonds is 8. The summed E-state index contributed by atoms with van der Waals surface area (Å²) in [4.78, 5) is 15.3. The highest BCUT2D eigenvalue weighted by molar-refractivity contribution is 6.02. The van der Waals surface area contributed by atoms with Crippen molar-refractivity contribution < 1.29 is 27.2 Å². The van der Waals surface area contributed by atoms with Crippen molar-refractivity contribution in [2.24, 2.45) is 0 Å². The number of carbonyl (C=O) groups is 1. The van der Waals surface area contributed by atoms with E-state index in [1.54, 1.807) is 0 Å². The number of amides is 1. The fourth-order valence-electron chi connectivity index (χ4n) is 5.36. The summed E-state index contributed by atoms with van der Waals surface area (Å²) in [7, 11) is 2.05. The van der Waals surface area contributed by atoms with Crippen molar-refractivity contribution in [2.75, 3.05) is 20.1 Å². The number of benzene rings is 3. The topological polar surface area (TPSA) is 67.6 Å². The first-order chi connectivity index (χ1) is 20.0. The lowest BCUT2D eigenvalue weighted by Gasteiger charge is -2.25. The third kappa shape index (κ3) is 6.51. The first-order valence-electron chi connectivity index (χ1n) is 14.0. The summed E-state index contributed by atoms with van der Waals surface area (Å²) in [6.45, 7) is 6.65. The van der Waals surface area contributed by atoms with E-state index in [2.05, 4.69) is 31.0 Å². The van der Waals surface area contributed by atoms with Crippen LogP contribution in [0.4, 0.5) is 13.2 Å². The van der Waals surface area contributed by atoms with E-state index in [9.17, 15) is 18.0 Å². The fraction of sp³-hybridized carbons (Fsp3) is 0.333. The summed E-state index contributed by atoms with van der Waals surface area (Å²) < 4.78 is 51.1. The molecule has 0 fully saturated rings. The molecule has 5 rings (SSSR count). The van der Waals surface area contributed by atoms with Crippen molar-refractivity contribution in [2.45, 2.75) is 52.4 Å². The minimum atomic E-state index is -4.57. The Balaban J connectivity index is 1.65. The number of alkyl halides is 3. The number of fused-ring (bicyclic) bond motifs is 1. The molecule has 1 aliphatic rings. The average Bonchev–Trinajstić information content (AvgIpc) is 3.39. The van der Waals surface area contributed by atoms with E-state index >= 15 is 0 Å². The number of carbonyl (C=O) groups excluding carboxylic acids is 1. The van der Waals surface area contributed by atoms with Crippen LogP contribution in [0.1, 0.15) is 58.1 Å². The Morgan fingerprint density at radius 1 is 1.10 bits per heavy atom. The van der Waals surface area contributed by atoms with Gasteiger partial charge in [-0.3, -0.25) is 4.79 Å². The summed E-state index contributed by atoms with van der Waals surface area (Å²) in [6, 6.07) is 19.5. The summed E-state index contributed by atoms with van der Waals surface area (Å²) in [5, 5.41) is 5.99. The van der Waals surface area contributed by atoms with E-state index in [0.29, 0.717) is 29.0 Å². The number of hydrogen-bond acceptors (Lipinski definition) is 5. The van der Waals surface area contributed by atoms with Gasteiger partial charge in [0.2, 0.25) is 0 Å². The Morgan fingerprint density at radius 2 is 1.86 bits per heavy atom. The summed E-state index contributed by atoms with van der Waals surface area (Å²) in [6.07, 6.45) is -3.76. The maximum Gasteiger partial charge on any atom is 0.405 e. The third-order valence-electron chi connectivity index (χ3n) is 7.53. The summed E-state index contributed by atoms with van der Waals surface area (Å²) in [5.74, 6) is 0.0105. The minimum Gasteiger partial charge on any atom is -0.488 e. The zero-order valence-electron chi connectivity index (χ0n) is 24.1. The number of ether oxygens (including phenoxy) is 1. The molecule has 0 radical (unpaired) electrons. The molecule has 42 heavy (non-hydrogen) atoms. The van der Waals surface area contributed by atoms with Crippen LogP contribution in [0.25, 0.3) is 22.5 Å². The number of hydrogen-bond donors (Lipinski definition) is 1. The number of aryl methyl sites for hydroxylation is 1. The molecule has 0 aliphatic carbocycles. The van der Waals surface area contributed by atoms with Crippen LogP contribution in [0.5, 0.6) is 5.75 Å². The molecule has 1 aliphatic heterocycles. The van der Waals surface area contributed by atoms with Gasteiger partial charge in [-0.05, 0) is 71.8 Å². The molecule has 0 unspecified atom stereocenters. The van der Waals surface area contributed by atoms with Gasteiger partial charge in [0.25, 0.3) is 5.91 Å². The van der Waals surface area contributed by atoms with E-state index in [0.717, 1.165) is 47.3 Å². The second-order valence-electron chi connectivity index (χ2n) is 11.1. The van der Waals surface area contributed by atoms with E-state index in [4.69, 9.17) is 9.26 Å². The van der Waals surface area contributed by atoms with Crippen molar-refractivity contribution >= 4 is 5.91 Å². The molecule has 1 aromatic heterocycles. The Labute approximate surface area is 243 Å². The number of nitrogens with zero attached hydrogens (tertiary/aromatic N) is 2. The lowest BCUT2D eigenvalue weighted by atomic mass is 9.90. The van der Waals surface area contributed by atoms with Crippen LogP contribution in [0.3, 0.4) is 0 Å². The normalized spacial score (nSPS) is 13.7. The maximum atomic E-state index is 13.1. The zero-order valence-corrected chi connectivity index (χ0v) is 24.1. The Bertz CT molecular complexity index is 1580. The van der Waals surface area contributed by atoms with E-state index in [1.165, 1.54) is 0 Å². The molecule has 2 heterocycles. The van der Waals surface area contributed by atoms with E-state index in [1.807, 2.05) is 72.9 Å². The maximum absolute atomic E-state index is 13.1. The second-order valence-corrected chi connectivity index (χ2v) is 11.1. The summed E-state index contributed by atoms with van der Waals surface area (Å²) >= 11 is 0. The highest BCUT2D eigenvalue weighted by atomic mass is 19.4. The predicted molar refractivity (Wildman–Crippen MR) is 155 cm³/mol.